The predicted molar refractivity (Wildman–Crippen MR) is 111 cm³/mol. The van der Waals surface area contributed by atoms with Gasteiger partial charge in [-0.1, -0.05) is 43.0 Å². The molecular weight excluding hydrogens is 374 g/mol. The molecule has 2 aromatic carbocycles. The average molecular weight is 396 g/mol. The van der Waals surface area contributed by atoms with Gasteiger partial charge in [-0.05, 0) is 48.7 Å². The van der Waals surface area contributed by atoms with Gasteiger partial charge >= 0.3 is 5.63 Å². The maximum Gasteiger partial charge on any atom is 0.344 e. The van der Waals surface area contributed by atoms with E-state index in [4.69, 9.17) is 20.8 Å². The molecule has 0 radical (unpaired) electrons. The van der Waals surface area contributed by atoms with Crippen molar-refractivity contribution in [1.82, 2.24) is 4.90 Å². The van der Waals surface area contributed by atoms with E-state index in [0.29, 0.717) is 28.9 Å². The van der Waals surface area contributed by atoms with E-state index in [1.165, 1.54) is 32.1 Å². The normalized spacial score (nSPS) is 18.0. The minimum atomic E-state index is -0.335. The fourth-order valence-electron chi connectivity index (χ4n) is 4.42. The molecule has 0 bridgehead atoms. The minimum absolute atomic E-state index is 0.335. The molecule has 1 fully saturated rings. The first kappa shape index (κ1) is 17.8. The first-order valence-corrected chi connectivity index (χ1v) is 10.3. The Morgan fingerprint density at radius 2 is 1.79 bits per heavy atom. The lowest BCUT2D eigenvalue weighted by Gasteiger charge is -2.37. The van der Waals surface area contributed by atoms with Crippen LogP contribution < -0.4 is 10.4 Å². The van der Waals surface area contributed by atoms with Crippen molar-refractivity contribution < 1.29 is 9.15 Å². The van der Waals surface area contributed by atoms with E-state index < -0.39 is 0 Å². The highest BCUT2D eigenvalue weighted by Gasteiger charge is 2.28. The van der Waals surface area contributed by atoms with Gasteiger partial charge < -0.3 is 9.15 Å². The molecule has 2 aliphatic rings. The lowest BCUT2D eigenvalue weighted by molar-refractivity contribution is 0.0406. The van der Waals surface area contributed by atoms with Crippen LogP contribution in [0.15, 0.2) is 51.7 Å². The van der Waals surface area contributed by atoms with Gasteiger partial charge in [0.1, 0.15) is 18.1 Å². The molecule has 28 heavy (non-hydrogen) atoms. The van der Waals surface area contributed by atoms with Gasteiger partial charge in [0, 0.05) is 23.0 Å². The molecule has 4 nitrogen and oxygen atoms in total. The summed E-state index contributed by atoms with van der Waals surface area (Å²) in [6, 6.07) is 13.7. The Bertz CT molecular complexity index is 1070. The van der Waals surface area contributed by atoms with E-state index >= 15 is 0 Å². The first-order chi connectivity index (χ1) is 13.7. The summed E-state index contributed by atoms with van der Waals surface area (Å²) >= 11 is 5.97. The van der Waals surface area contributed by atoms with E-state index in [0.717, 1.165) is 28.8 Å². The molecule has 2 heterocycles. The maximum atomic E-state index is 12.7. The van der Waals surface area contributed by atoms with E-state index in [1.54, 1.807) is 12.1 Å². The van der Waals surface area contributed by atoms with Crippen LogP contribution in [0, 0.1) is 0 Å². The topological polar surface area (TPSA) is 42.7 Å². The molecule has 0 amide bonds. The molecule has 5 rings (SSSR count). The second-order valence-corrected chi connectivity index (χ2v) is 8.16. The molecule has 1 aliphatic carbocycles. The Morgan fingerprint density at radius 1 is 1.00 bits per heavy atom. The first-order valence-electron chi connectivity index (χ1n) is 9.91. The molecule has 1 saturated carbocycles. The molecule has 0 saturated heterocycles. The number of halogens is 1. The number of ether oxygens (including phenoxy) is 1. The smallest absolute Gasteiger partial charge is 0.344 e. The van der Waals surface area contributed by atoms with Gasteiger partial charge in [0.2, 0.25) is 0 Å². The van der Waals surface area contributed by atoms with Crippen LogP contribution in [0.25, 0.3) is 22.1 Å². The molecule has 0 unspecified atom stereocenters. The maximum absolute atomic E-state index is 12.7. The fraction of sp³-hybridized carbons (Fsp3) is 0.348. The zero-order chi connectivity index (χ0) is 19.1. The lowest BCUT2D eigenvalue weighted by atomic mass is 9.93. The third-order valence-corrected chi connectivity index (χ3v) is 6.21. The van der Waals surface area contributed by atoms with Crippen LogP contribution >= 0.6 is 11.6 Å². The SMILES string of the molecule is O=c1oc2c3c(ccc2cc1-c1ccc(Cl)cc1)OCN(C1CCCCC1)C3. The van der Waals surface area contributed by atoms with Crippen LogP contribution in [0.1, 0.15) is 37.7 Å². The molecular formula is C23H22ClNO3. The van der Waals surface area contributed by atoms with E-state index in [1.807, 2.05) is 30.3 Å². The monoisotopic (exact) mass is 395 g/mol. The molecule has 0 N–H and O–H groups in total. The quantitative estimate of drug-likeness (QED) is 0.530. The van der Waals surface area contributed by atoms with Crippen LogP contribution in [0.2, 0.25) is 5.02 Å². The third kappa shape index (κ3) is 3.21. The summed E-state index contributed by atoms with van der Waals surface area (Å²) in [5.41, 5.74) is 2.63. The van der Waals surface area contributed by atoms with E-state index in [2.05, 4.69) is 4.90 Å². The second kappa shape index (κ2) is 7.26. The van der Waals surface area contributed by atoms with Crippen LogP contribution in [0.4, 0.5) is 0 Å². The van der Waals surface area contributed by atoms with Crippen molar-refractivity contribution in [2.24, 2.45) is 0 Å². The zero-order valence-electron chi connectivity index (χ0n) is 15.6. The van der Waals surface area contributed by atoms with Gasteiger partial charge in [-0.2, -0.15) is 0 Å². The molecule has 144 valence electrons. The summed E-state index contributed by atoms with van der Waals surface area (Å²) in [6.45, 7) is 1.37. The van der Waals surface area contributed by atoms with Crippen molar-refractivity contribution in [3.05, 3.63) is 63.5 Å². The van der Waals surface area contributed by atoms with Gasteiger partial charge in [-0.3, -0.25) is 4.90 Å². The van der Waals surface area contributed by atoms with Gasteiger partial charge in [-0.15, -0.1) is 0 Å². The molecule has 0 atom stereocenters. The zero-order valence-corrected chi connectivity index (χ0v) is 16.4. The average Bonchev–Trinajstić information content (AvgIpc) is 2.74. The van der Waals surface area contributed by atoms with Gasteiger partial charge in [0.05, 0.1) is 11.1 Å². The number of hydrogen-bond donors (Lipinski definition) is 0. The summed E-state index contributed by atoms with van der Waals surface area (Å²) in [5, 5.41) is 1.56. The molecule has 5 heteroatoms. The third-order valence-electron chi connectivity index (χ3n) is 5.96. The number of fused-ring (bicyclic) bond motifs is 3. The van der Waals surface area contributed by atoms with Crippen molar-refractivity contribution in [2.75, 3.05) is 6.73 Å². The lowest BCUT2D eigenvalue weighted by Crippen LogP contribution is -2.41. The number of nitrogens with zero attached hydrogens (tertiary/aromatic N) is 1. The highest BCUT2D eigenvalue weighted by atomic mass is 35.5. The molecule has 1 aliphatic heterocycles. The van der Waals surface area contributed by atoms with Crippen molar-refractivity contribution in [3.8, 4) is 16.9 Å². The Balaban J connectivity index is 1.55. The van der Waals surface area contributed by atoms with E-state index in [9.17, 15) is 4.79 Å². The minimum Gasteiger partial charge on any atom is -0.478 e. The van der Waals surface area contributed by atoms with Crippen molar-refractivity contribution in [3.63, 3.8) is 0 Å². The Kier molecular flexibility index (Phi) is 4.61. The Hall–Kier alpha value is -2.30. The molecule has 1 aromatic heterocycles. The Morgan fingerprint density at radius 3 is 2.57 bits per heavy atom. The van der Waals surface area contributed by atoms with Crippen LogP contribution in [-0.2, 0) is 6.54 Å². The van der Waals surface area contributed by atoms with Gasteiger partial charge in [0.15, 0.2) is 0 Å². The predicted octanol–water partition coefficient (Wildman–Crippen LogP) is 5.60. The summed E-state index contributed by atoms with van der Waals surface area (Å²) < 4.78 is 11.8. The van der Waals surface area contributed by atoms with Crippen LogP contribution in [0.5, 0.6) is 5.75 Å². The standard InChI is InChI=1S/C23H22ClNO3/c24-17-9-6-15(7-10-17)19-12-16-8-11-21-20(22(16)28-23(19)26)13-25(14-27-21)18-4-2-1-3-5-18/h6-12,18H,1-5,13-14H2. The van der Waals surface area contributed by atoms with Crippen molar-refractivity contribution in [2.45, 2.75) is 44.7 Å². The number of hydrogen-bond acceptors (Lipinski definition) is 4. The highest BCUT2D eigenvalue weighted by Crippen LogP contribution is 2.35. The van der Waals surface area contributed by atoms with Crippen molar-refractivity contribution in [1.29, 1.82) is 0 Å². The highest BCUT2D eigenvalue weighted by molar-refractivity contribution is 6.30. The molecule has 0 spiro atoms. The molecule has 3 aromatic rings. The number of rotatable bonds is 2. The van der Waals surface area contributed by atoms with Crippen molar-refractivity contribution >= 4 is 22.6 Å². The Labute approximate surface area is 168 Å². The summed E-state index contributed by atoms with van der Waals surface area (Å²) in [7, 11) is 0. The fourth-order valence-corrected chi connectivity index (χ4v) is 4.55. The summed E-state index contributed by atoms with van der Waals surface area (Å²) in [5.74, 6) is 0.821. The van der Waals surface area contributed by atoms with Crippen LogP contribution in [0.3, 0.4) is 0 Å². The van der Waals surface area contributed by atoms with Crippen LogP contribution in [-0.4, -0.2) is 17.7 Å². The van der Waals surface area contributed by atoms with Gasteiger partial charge in [0.25, 0.3) is 0 Å². The largest absolute Gasteiger partial charge is 0.478 e. The summed E-state index contributed by atoms with van der Waals surface area (Å²) in [6.07, 6.45) is 6.32. The number of benzene rings is 2. The van der Waals surface area contributed by atoms with E-state index in [-0.39, 0.29) is 5.63 Å². The van der Waals surface area contributed by atoms with Gasteiger partial charge in [-0.25, -0.2) is 4.79 Å². The second-order valence-electron chi connectivity index (χ2n) is 7.73. The summed E-state index contributed by atoms with van der Waals surface area (Å²) in [4.78, 5) is 15.1.